The van der Waals surface area contributed by atoms with Gasteiger partial charge in [0.25, 0.3) is 0 Å². The summed E-state index contributed by atoms with van der Waals surface area (Å²) in [7, 11) is 3.45. The third kappa shape index (κ3) is 9.73. The summed E-state index contributed by atoms with van der Waals surface area (Å²) in [6.07, 6.45) is 3.07. The van der Waals surface area contributed by atoms with Gasteiger partial charge >= 0.3 is 6.61 Å². The number of benzene rings is 1. The zero-order valence-electron chi connectivity index (χ0n) is 18.4. The number of likely N-dealkylation sites (tertiary alicyclic amines) is 1. The smallest absolute Gasteiger partial charge is 0.387 e. The highest BCUT2D eigenvalue weighted by Crippen LogP contribution is 2.30. The maximum atomic E-state index is 12.6. The minimum Gasteiger partial charge on any atom is -0.490 e. The third-order valence-corrected chi connectivity index (χ3v) is 4.77. The van der Waals surface area contributed by atoms with Crippen LogP contribution in [0.5, 0.6) is 11.5 Å². The molecule has 31 heavy (non-hydrogen) atoms. The first kappa shape index (κ1) is 27.6. The van der Waals surface area contributed by atoms with Gasteiger partial charge in [0.2, 0.25) is 0 Å². The Bertz CT molecular complexity index is 660. The number of ether oxygens (including phenoxy) is 4. The van der Waals surface area contributed by atoms with Gasteiger partial charge in [-0.25, -0.2) is 0 Å². The van der Waals surface area contributed by atoms with Crippen molar-refractivity contribution in [1.82, 2.24) is 10.2 Å². The van der Waals surface area contributed by atoms with E-state index in [0.29, 0.717) is 18.9 Å². The molecule has 1 aromatic rings. The molecule has 0 aliphatic carbocycles. The molecule has 0 saturated carbocycles. The summed E-state index contributed by atoms with van der Waals surface area (Å²) in [5.74, 6) is 1.14. The number of piperidine rings is 1. The van der Waals surface area contributed by atoms with Crippen molar-refractivity contribution in [2.24, 2.45) is 4.99 Å². The lowest BCUT2D eigenvalue weighted by molar-refractivity contribution is -0.0514. The van der Waals surface area contributed by atoms with Crippen LogP contribution in [0.2, 0.25) is 0 Å². The third-order valence-electron chi connectivity index (χ3n) is 4.77. The van der Waals surface area contributed by atoms with E-state index in [1.165, 1.54) is 6.07 Å². The van der Waals surface area contributed by atoms with Gasteiger partial charge in [0, 0.05) is 47.0 Å². The maximum Gasteiger partial charge on any atom is 0.387 e. The standard InChI is InChI=1S/C21H33F2N3O4.HI/c1-4-28-19-14-16(6-7-18(19)30-20(22)23)15-25-21(24-2)26-10-8-17(9-11-26)29-13-5-12-27-3;/h6-7,14,17,20H,4-5,8-13,15H2,1-3H3,(H,24,25);1H. The van der Waals surface area contributed by atoms with Gasteiger partial charge in [-0.3, -0.25) is 4.99 Å². The van der Waals surface area contributed by atoms with Crippen molar-refractivity contribution in [3.05, 3.63) is 23.8 Å². The van der Waals surface area contributed by atoms with Gasteiger partial charge < -0.3 is 29.2 Å². The SMILES string of the molecule is CCOc1cc(CNC(=NC)N2CCC(OCCCOC)CC2)ccc1OC(F)F.I. The monoisotopic (exact) mass is 557 g/mol. The molecule has 0 radical (unpaired) electrons. The average Bonchev–Trinajstić information content (AvgIpc) is 2.74. The highest BCUT2D eigenvalue weighted by atomic mass is 127. The van der Waals surface area contributed by atoms with Crippen molar-refractivity contribution < 1.29 is 27.7 Å². The van der Waals surface area contributed by atoms with Crippen LogP contribution < -0.4 is 14.8 Å². The summed E-state index contributed by atoms with van der Waals surface area (Å²) >= 11 is 0. The van der Waals surface area contributed by atoms with Gasteiger partial charge in [0.1, 0.15) is 0 Å². The van der Waals surface area contributed by atoms with Crippen LogP contribution in [-0.4, -0.2) is 70.6 Å². The molecular weight excluding hydrogens is 523 g/mol. The minimum absolute atomic E-state index is 0. The number of guanidine groups is 1. The molecule has 0 atom stereocenters. The molecule has 1 N–H and O–H groups in total. The first-order chi connectivity index (χ1) is 14.6. The first-order valence-electron chi connectivity index (χ1n) is 10.3. The van der Waals surface area contributed by atoms with E-state index in [4.69, 9.17) is 14.2 Å². The second-order valence-electron chi connectivity index (χ2n) is 6.90. The highest BCUT2D eigenvalue weighted by Gasteiger charge is 2.22. The van der Waals surface area contributed by atoms with E-state index in [1.54, 1.807) is 33.2 Å². The van der Waals surface area contributed by atoms with Gasteiger partial charge in [-0.05, 0) is 43.9 Å². The molecule has 7 nitrogen and oxygen atoms in total. The van der Waals surface area contributed by atoms with Crippen LogP contribution in [0.25, 0.3) is 0 Å². The number of rotatable bonds is 11. The Morgan fingerprint density at radius 1 is 1.23 bits per heavy atom. The molecule has 10 heteroatoms. The topological polar surface area (TPSA) is 64.6 Å². The van der Waals surface area contributed by atoms with Crippen molar-refractivity contribution in [2.75, 3.05) is 47.1 Å². The molecule has 0 spiro atoms. The van der Waals surface area contributed by atoms with Crippen molar-refractivity contribution in [3.63, 3.8) is 0 Å². The number of nitrogens with zero attached hydrogens (tertiary/aromatic N) is 2. The second-order valence-corrected chi connectivity index (χ2v) is 6.90. The van der Waals surface area contributed by atoms with Gasteiger partial charge in [-0.2, -0.15) is 8.78 Å². The van der Waals surface area contributed by atoms with Crippen LogP contribution in [0.3, 0.4) is 0 Å². The van der Waals surface area contributed by atoms with Crippen LogP contribution in [0, 0.1) is 0 Å². The molecule has 0 unspecified atom stereocenters. The molecule has 1 aliphatic heterocycles. The Kier molecular flexibility index (Phi) is 13.7. The van der Waals surface area contributed by atoms with Crippen molar-refractivity contribution in [2.45, 2.75) is 45.4 Å². The normalized spacial score (nSPS) is 15.0. The summed E-state index contributed by atoms with van der Waals surface area (Å²) in [5.41, 5.74) is 0.887. The fourth-order valence-corrected chi connectivity index (χ4v) is 3.33. The number of nitrogens with one attached hydrogen (secondary N) is 1. The van der Waals surface area contributed by atoms with Gasteiger partial charge in [0.15, 0.2) is 17.5 Å². The lowest BCUT2D eigenvalue weighted by atomic mass is 10.1. The van der Waals surface area contributed by atoms with E-state index in [-0.39, 0.29) is 35.8 Å². The van der Waals surface area contributed by atoms with E-state index in [0.717, 1.165) is 57.1 Å². The van der Waals surface area contributed by atoms with Crippen molar-refractivity contribution in [3.8, 4) is 11.5 Å². The number of aliphatic imine (C=N–C) groups is 1. The zero-order valence-corrected chi connectivity index (χ0v) is 20.8. The summed E-state index contributed by atoms with van der Waals surface area (Å²) in [6.45, 7) is 2.92. The number of alkyl halides is 2. The summed E-state index contributed by atoms with van der Waals surface area (Å²) < 4.78 is 46.0. The molecule has 2 rings (SSSR count). The molecule has 0 amide bonds. The molecule has 1 fully saturated rings. The van der Waals surface area contributed by atoms with E-state index in [1.807, 2.05) is 0 Å². The lowest BCUT2D eigenvalue weighted by Gasteiger charge is -2.34. The number of hydrogen-bond acceptors (Lipinski definition) is 5. The minimum atomic E-state index is -2.89. The lowest BCUT2D eigenvalue weighted by Crippen LogP contribution is -2.46. The van der Waals surface area contributed by atoms with Crippen LogP contribution in [0.1, 0.15) is 31.7 Å². The zero-order chi connectivity index (χ0) is 21.8. The Labute approximate surface area is 200 Å². The Hall–Kier alpha value is -1.40. The molecular formula is C21H34F2IN3O4. The van der Waals surface area contributed by atoms with Gasteiger partial charge in [-0.1, -0.05) is 6.07 Å². The van der Waals surface area contributed by atoms with Crippen LogP contribution in [0.15, 0.2) is 23.2 Å². The van der Waals surface area contributed by atoms with E-state index >= 15 is 0 Å². The van der Waals surface area contributed by atoms with Crippen molar-refractivity contribution >= 4 is 29.9 Å². The van der Waals surface area contributed by atoms with E-state index < -0.39 is 6.61 Å². The predicted molar refractivity (Wildman–Crippen MR) is 127 cm³/mol. The maximum absolute atomic E-state index is 12.6. The van der Waals surface area contributed by atoms with Crippen LogP contribution in [-0.2, 0) is 16.0 Å². The van der Waals surface area contributed by atoms with Crippen LogP contribution >= 0.6 is 24.0 Å². The Morgan fingerprint density at radius 2 is 1.97 bits per heavy atom. The summed E-state index contributed by atoms with van der Waals surface area (Å²) in [5, 5.41) is 3.33. The molecule has 1 saturated heterocycles. The molecule has 0 bridgehead atoms. The molecule has 1 aromatic carbocycles. The largest absolute Gasteiger partial charge is 0.490 e. The van der Waals surface area contributed by atoms with E-state index in [2.05, 4.69) is 19.9 Å². The molecule has 1 aliphatic rings. The quantitative estimate of drug-likeness (QED) is 0.193. The fraction of sp³-hybridized carbons (Fsp3) is 0.667. The molecule has 178 valence electrons. The Morgan fingerprint density at radius 3 is 2.58 bits per heavy atom. The van der Waals surface area contributed by atoms with Gasteiger partial charge in [-0.15, -0.1) is 24.0 Å². The fourth-order valence-electron chi connectivity index (χ4n) is 3.33. The second kappa shape index (κ2) is 15.4. The van der Waals surface area contributed by atoms with Crippen molar-refractivity contribution in [1.29, 1.82) is 0 Å². The summed E-state index contributed by atoms with van der Waals surface area (Å²) in [6, 6.07) is 4.95. The number of methoxy groups -OCH3 is 1. The molecule has 1 heterocycles. The predicted octanol–water partition coefficient (Wildman–Crippen LogP) is 3.90. The average molecular weight is 557 g/mol. The molecule has 0 aromatic heterocycles. The summed E-state index contributed by atoms with van der Waals surface area (Å²) in [4.78, 5) is 6.57. The van der Waals surface area contributed by atoms with Gasteiger partial charge in [0.05, 0.1) is 12.7 Å². The van der Waals surface area contributed by atoms with E-state index in [9.17, 15) is 8.78 Å². The number of hydrogen-bond donors (Lipinski definition) is 1. The Balaban J connectivity index is 0.00000480. The number of halogens is 3. The first-order valence-corrected chi connectivity index (χ1v) is 10.3. The highest BCUT2D eigenvalue weighted by molar-refractivity contribution is 14.0. The van der Waals surface area contributed by atoms with Crippen LogP contribution in [0.4, 0.5) is 8.78 Å².